The second kappa shape index (κ2) is 6.93. The van der Waals surface area contributed by atoms with Crippen LogP contribution in [0.25, 0.3) is 21.3 Å². The molecule has 144 valence electrons. The van der Waals surface area contributed by atoms with Crippen LogP contribution in [0, 0.1) is 0 Å². The van der Waals surface area contributed by atoms with Gasteiger partial charge in [-0.2, -0.15) is 10.2 Å². The van der Waals surface area contributed by atoms with Crippen molar-refractivity contribution >= 4 is 38.8 Å². The first-order chi connectivity index (χ1) is 13.5. The summed E-state index contributed by atoms with van der Waals surface area (Å²) >= 11 is 1.55. The molecule has 0 radical (unpaired) electrons. The van der Waals surface area contributed by atoms with Crippen molar-refractivity contribution in [1.29, 1.82) is 0 Å². The number of hydrogen-bond donors (Lipinski definition) is 3. The molecule has 28 heavy (non-hydrogen) atoms. The van der Waals surface area contributed by atoms with Crippen molar-refractivity contribution in [3.63, 3.8) is 0 Å². The summed E-state index contributed by atoms with van der Waals surface area (Å²) < 4.78 is 4.03. The van der Waals surface area contributed by atoms with Crippen LogP contribution < -0.4 is 17.0 Å². The number of nitrogens with one attached hydrogen (secondary N) is 1. The van der Waals surface area contributed by atoms with E-state index in [0.717, 1.165) is 26.4 Å². The van der Waals surface area contributed by atoms with Crippen molar-refractivity contribution in [2.24, 2.45) is 23.5 Å². The third kappa shape index (κ3) is 2.95. The van der Waals surface area contributed by atoms with Crippen LogP contribution in [0.4, 0.5) is 0 Å². The first kappa shape index (κ1) is 17.9. The quantitative estimate of drug-likeness (QED) is 0.418. The van der Waals surface area contributed by atoms with E-state index in [2.05, 4.69) is 20.3 Å². The molecule has 0 aliphatic carbocycles. The van der Waals surface area contributed by atoms with Crippen LogP contribution in [0.5, 0.6) is 0 Å². The minimum Gasteiger partial charge on any atom is -0.399 e. The van der Waals surface area contributed by atoms with Gasteiger partial charge in [-0.15, -0.1) is 11.3 Å². The number of hydrogen-bond acceptors (Lipinski definition) is 8. The van der Waals surface area contributed by atoms with E-state index in [-0.39, 0.29) is 12.1 Å². The second-order valence-electron chi connectivity index (χ2n) is 6.32. The molecule has 0 aliphatic rings. The van der Waals surface area contributed by atoms with Gasteiger partial charge in [-0.3, -0.25) is 14.9 Å². The largest absolute Gasteiger partial charge is 0.399 e. The Labute approximate surface area is 163 Å². The highest BCUT2D eigenvalue weighted by molar-refractivity contribution is 7.19. The molecule has 0 aliphatic heterocycles. The number of aliphatic imine (C=N–C) groups is 1. The lowest BCUT2D eigenvalue weighted by Crippen LogP contribution is -2.28. The minimum atomic E-state index is -0.246. The number of rotatable bonds is 5. The molecule has 0 bridgehead atoms. The predicted octanol–water partition coefficient (Wildman–Crippen LogP) is 0.488. The van der Waals surface area contributed by atoms with E-state index in [0.29, 0.717) is 23.3 Å². The summed E-state index contributed by atoms with van der Waals surface area (Å²) in [4.78, 5) is 21.5. The lowest BCUT2D eigenvalue weighted by Gasteiger charge is -2.07. The van der Waals surface area contributed by atoms with Crippen LogP contribution in [-0.4, -0.2) is 42.8 Å². The van der Waals surface area contributed by atoms with Crippen LogP contribution in [0.3, 0.4) is 0 Å². The summed E-state index contributed by atoms with van der Waals surface area (Å²) in [5.74, 6) is 0. The maximum Gasteiger partial charge on any atom is 0.291 e. The van der Waals surface area contributed by atoms with E-state index < -0.39 is 0 Å². The van der Waals surface area contributed by atoms with Gasteiger partial charge < -0.3 is 16.0 Å². The number of thiazole rings is 1. The zero-order chi connectivity index (χ0) is 19.8. The average Bonchev–Trinajstić information content (AvgIpc) is 3.37. The molecule has 4 rings (SSSR count). The number of fused-ring (bicyclic) bond motifs is 3. The van der Waals surface area contributed by atoms with E-state index >= 15 is 0 Å². The van der Waals surface area contributed by atoms with Crippen molar-refractivity contribution in [2.45, 2.75) is 13.0 Å². The highest BCUT2D eigenvalue weighted by Gasteiger charge is 2.18. The standard InChI is InChI=1S/C17H19N9OS/c1-20-7-11(18)12(19)8-26-17(27)14-10(6-22-26)15-16(25(14)2)23-13(28-15)5-9-3-4-21-24-9/h3-4,6-7H,5,8,18-19H2,1-2H3,(H,21,24). The molecule has 5 N–H and O–H groups in total. The third-order valence-electron chi connectivity index (χ3n) is 4.43. The Bertz CT molecular complexity index is 1270. The monoisotopic (exact) mass is 397 g/mol. The average molecular weight is 397 g/mol. The Morgan fingerprint density at radius 2 is 2.25 bits per heavy atom. The van der Waals surface area contributed by atoms with Gasteiger partial charge in [0.2, 0.25) is 0 Å². The molecular weight excluding hydrogens is 378 g/mol. The van der Waals surface area contributed by atoms with Gasteiger partial charge in [-0.1, -0.05) is 0 Å². The van der Waals surface area contributed by atoms with E-state index in [1.165, 1.54) is 10.9 Å². The van der Waals surface area contributed by atoms with Gasteiger partial charge in [-0.05, 0) is 6.07 Å². The molecule has 0 amide bonds. The maximum absolute atomic E-state index is 13.0. The van der Waals surface area contributed by atoms with E-state index in [9.17, 15) is 4.79 Å². The molecule has 10 nitrogen and oxygen atoms in total. The van der Waals surface area contributed by atoms with E-state index in [1.807, 2.05) is 13.1 Å². The van der Waals surface area contributed by atoms with E-state index in [1.54, 1.807) is 35.3 Å². The van der Waals surface area contributed by atoms with Crippen LogP contribution >= 0.6 is 11.3 Å². The fraction of sp³-hybridized carbons (Fsp3) is 0.235. The summed E-state index contributed by atoms with van der Waals surface area (Å²) in [6.07, 6.45) is 5.49. The van der Waals surface area contributed by atoms with Crippen molar-refractivity contribution < 1.29 is 0 Å². The molecule has 0 saturated heterocycles. The third-order valence-corrected chi connectivity index (χ3v) is 5.51. The van der Waals surface area contributed by atoms with Gasteiger partial charge in [0.15, 0.2) is 5.65 Å². The molecule has 4 heterocycles. The summed E-state index contributed by atoms with van der Waals surface area (Å²) in [6, 6.07) is 1.91. The Morgan fingerprint density at radius 3 is 2.96 bits per heavy atom. The number of H-pyrrole nitrogens is 1. The summed E-state index contributed by atoms with van der Waals surface area (Å²) in [5.41, 5.74) is 14.5. The molecule has 4 aromatic rings. The lowest BCUT2D eigenvalue weighted by molar-refractivity contribution is 0.629. The van der Waals surface area contributed by atoms with Crippen LogP contribution in [-0.2, 0) is 20.0 Å². The Hall–Kier alpha value is -3.47. The first-order valence-electron chi connectivity index (χ1n) is 8.48. The summed E-state index contributed by atoms with van der Waals surface area (Å²) in [7, 11) is 3.42. The van der Waals surface area contributed by atoms with E-state index in [4.69, 9.17) is 16.5 Å². The number of nitrogens with two attached hydrogens (primary N) is 2. The molecule has 0 unspecified atom stereocenters. The van der Waals surface area contributed by atoms with Gasteiger partial charge in [0.05, 0.1) is 28.8 Å². The van der Waals surface area contributed by atoms with Gasteiger partial charge in [0.25, 0.3) is 5.56 Å². The lowest BCUT2D eigenvalue weighted by atomic mass is 10.3. The van der Waals surface area contributed by atoms with Gasteiger partial charge >= 0.3 is 0 Å². The zero-order valence-corrected chi connectivity index (χ0v) is 16.2. The number of aryl methyl sites for hydroxylation is 1. The topological polar surface area (TPSA) is 146 Å². The number of aromatic nitrogens is 6. The van der Waals surface area contributed by atoms with Crippen LogP contribution in [0.15, 0.2) is 39.6 Å². The van der Waals surface area contributed by atoms with Crippen molar-refractivity contribution in [2.75, 3.05) is 7.05 Å². The maximum atomic E-state index is 13.0. The molecule has 0 aromatic carbocycles. The predicted molar refractivity (Wildman–Crippen MR) is 109 cm³/mol. The normalized spacial score (nSPS) is 13.1. The van der Waals surface area contributed by atoms with Crippen LogP contribution in [0.2, 0.25) is 0 Å². The first-order valence-corrected chi connectivity index (χ1v) is 9.29. The Balaban J connectivity index is 1.78. The molecular formula is C17H19N9OS. The fourth-order valence-corrected chi connectivity index (χ4v) is 4.17. The number of aromatic amines is 1. The molecule has 4 aromatic heterocycles. The Morgan fingerprint density at radius 1 is 1.43 bits per heavy atom. The van der Waals surface area contributed by atoms with Crippen molar-refractivity contribution in [3.8, 4) is 0 Å². The van der Waals surface area contributed by atoms with Gasteiger partial charge in [-0.25, -0.2) is 9.67 Å². The smallest absolute Gasteiger partial charge is 0.291 e. The molecule has 0 saturated carbocycles. The van der Waals surface area contributed by atoms with Crippen molar-refractivity contribution in [3.05, 3.63) is 50.9 Å². The SMILES string of the molecule is CN=CC(N)=C(N)Cn1ncc2c3sc(Cc4ccn[nH]4)nc3n(C)c2c1=O. The second-order valence-corrected chi connectivity index (χ2v) is 7.40. The van der Waals surface area contributed by atoms with Gasteiger partial charge in [0.1, 0.15) is 10.5 Å². The molecule has 0 atom stereocenters. The molecule has 0 spiro atoms. The Kier molecular flexibility index (Phi) is 4.43. The van der Waals surface area contributed by atoms with Gasteiger partial charge in [0, 0.05) is 44.0 Å². The highest BCUT2D eigenvalue weighted by atomic mass is 32.1. The summed E-state index contributed by atoms with van der Waals surface area (Å²) in [6.45, 7) is 0.0873. The number of nitrogens with zero attached hydrogens (tertiary/aromatic N) is 6. The van der Waals surface area contributed by atoms with Crippen molar-refractivity contribution in [1.82, 2.24) is 29.5 Å². The minimum absolute atomic E-state index is 0.0873. The fourth-order valence-electron chi connectivity index (χ4n) is 3.04. The summed E-state index contributed by atoms with van der Waals surface area (Å²) in [5, 5.41) is 12.9. The molecule has 0 fully saturated rings. The number of allylic oxidation sites excluding steroid dienone is 2. The van der Waals surface area contributed by atoms with Crippen LogP contribution in [0.1, 0.15) is 10.7 Å². The molecule has 11 heteroatoms. The highest BCUT2D eigenvalue weighted by Crippen LogP contribution is 2.31. The zero-order valence-electron chi connectivity index (χ0n) is 15.4.